The van der Waals surface area contributed by atoms with Gasteiger partial charge in [0.2, 0.25) is 17.7 Å². The first kappa shape index (κ1) is 21.0. The van der Waals surface area contributed by atoms with Crippen LogP contribution in [0.2, 0.25) is 0 Å². The molecule has 2 saturated heterocycles. The number of fused-ring (bicyclic) bond motifs is 1. The number of aryl methyl sites for hydroxylation is 1. The number of aromatic nitrogens is 2. The predicted molar refractivity (Wildman–Crippen MR) is 118 cm³/mol. The molecule has 3 aliphatic rings. The number of para-hydroxylation sites is 1. The second-order valence-electron chi connectivity index (χ2n) is 9.29. The third-order valence-electron chi connectivity index (χ3n) is 7.18. The maximum Gasteiger partial charge on any atom is 0.235 e. The van der Waals surface area contributed by atoms with Crippen LogP contribution < -0.4 is 10.1 Å². The summed E-state index contributed by atoms with van der Waals surface area (Å²) in [4.78, 5) is 38.6. The Kier molecular flexibility index (Phi) is 5.61. The van der Waals surface area contributed by atoms with Crippen molar-refractivity contribution in [3.05, 3.63) is 23.9 Å². The van der Waals surface area contributed by atoms with Crippen LogP contribution in [0.4, 0.5) is 0 Å². The fourth-order valence-corrected chi connectivity index (χ4v) is 5.44. The fourth-order valence-electron chi connectivity index (χ4n) is 5.44. The fraction of sp³-hybridized carbons (Fsp3) is 0.583. The molecule has 2 aliphatic heterocycles. The molecular formula is C24H30N4O4. The molecule has 0 spiro atoms. The van der Waals surface area contributed by atoms with Crippen molar-refractivity contribution in [1.29, 1.82) is 0 Å². The molecule has 1 saturated carbocycles. The first-order valence-electron chi connectivity index (χ1n) is 11.8. The summed E-state index contributed by atoms with van der Waals surface area (Å²) in [5.74, 6) is 0.346. The van der Waals surface area contributed by atoms with Gasteiger partial charge in [-0.25, -0.2) is 0 Å². The maximum atomic E-state index is 12.7. The SMILES string of the molecule is Cn1nc(C2CCC(=O)NC2=O)c2cccc(OC3CCN(C(=O)C4CCCC4)CC3)c21. The standard InChI is InChI=1S/C24H30N4O4/c1-27-22-17(21(26-27)18-9-10-20(29)25-23(18)30)7-4-8-19(22)32-16-11-13-28(14-12-16)24(31)15-5-2-3-6-15/h4,7-8,15-16,18H,2-3,5-6,9-14H2,1H3,(H,25,29,30). The molecule has 32 heavy (non-hydrogen) atoms. The van der Waals surface area contributed by atoms with Gasteiger partial charge < -0.3 is 9.64 Å². The van der Waals surface area contributed by atoms with Crippen LogP contribution in [0.3, 0.4) is 0 Å². The highest BCUT2D eigenvalue weighted by Gasteiger charge is 2.33. The van der Waals surface area contributed by atoms with Crippen molar-refractivity contribution in [3.63, 3.8) is 0 Å². The number of benzene rings is 1. The van der Waals surface area contributed by atoms with Crippen molar-refractivity contribution in [2.75, 3.05) is 13.1 Å². The number of hydrogen-bond donors (Lipinski definition) is 1. The lowest BCUT2D eigenvalue weighted by molar-refractivity contribution is -0.137. The first-order valence-corrected chi connectivity index (χ1v) is 11.8. The van der Waals surface area contributed by atoms with Crippen molar-refractivity contribution in [2.24, 2.45) is 13.0 Å². The molecule has 3 fully saturated rings. The Balaban J connectivity index is 1.30. The van der Waals surface area contributed by atoms with Gasteiger partial charge in [0.15, 0.2) is 0 Å². The van der Waals surface area contributed by atoms with E-state index in [2.05, 4.69) is 10.4 Å². The number of amides is 3. The van der Waals surface area contributed by atoms with Crippen LogP contribution in [0, 0.1) is 5.92 Å². The first-order chi connectivity index (χ1) is 15.5. The van der Waals surface area contributed by atoms with E-state index in [1.807, 2.05) is 30.1 Å². The zero-order valence-electron chi connectivity index (χ0n) is 18.5. The molecule has 8 nitrogen and oxygen atoms in total. The van der Waals surface area contributed by atoms with E-state index in [0.29, 0.717) is 24.4 Å². The smallest absolute Gasteiger partial charge is 0.235 e. The Morgan fingerprint density at radius 3 is 2.56 bits per heavy atom. The lowest BCUT2D eigenvalue weighted by Gasteiger charge is -2.33. The number of imide groups is 1. The number of hydrogen-bond acceptors (Lipinski definition) is 5. The van der Waals surface area contributed by atoms with Crippen molar-refractivity contribution in [1.82, 2.24) is 20.0 Å². The minimum atomic E-state index is -0.434. The molecule has 5 rings (SSSR count). The average Bonchev–Trinajstić information content (AvgIpc) is 3.43. The molecule has 8 heteroatoms. The Morgan fingerprint density at radius 1 is 1.09 bits per heavy atom. The predicted octanol–water partition coefficient (Wildman–Crippen LogP) is 2.65. The number of nitrogens with one attached hydrogen (secondary N) is 1. The van der Waals surface area contributed by atoms with Gasteiger partial charge in [0.05, 0.1) is 11.6 Å². The topological polar surface area (TPSA) is 93.5 Å². The molecule has 0 radical (unpaired) electrons. The van der Waals surface area contributed by atoms with Gasteiger partial charge in [-0.15, -0.1) is 0 Å². The van der Waals surface area contributed by atoms with Crippen LogP contribution >= 0.6 is 0 Å². The van der Waals surface area contributed by atoms with Gasteiger partial charge in [0.1, 0.15) is 17.4 Å². The number of likely N-dealkylation sites (tertiary alicyclic amines) is 1. The van der Waals surface area contributed by atoms with Crippen LogP contribution in [0.1, 0.15) is 63.0 Å². The summed E-state index contributed by atoms with van der Waals surface area (Å²) in [6, 6.07) is 5.82. The summed E-state index contributed by atoms with van der Waals surface area (Å²) in [5, 5.41) is 7.94. The Morgan fingerprint density at radius 2 is 1.84 bits per heavy atom. The van der Waals surface area contributed by atoms with Crippen LogP contribution in [0.25, 0.3) is 10.9 Å². The Hall–Kier alpha value is -2.90. The molecule has 1 aliphatic carbocycles. The molecule has 1 unspecified atom stereocenters. The van der Waals surface area contributed by atoms with Crippen LogP contribution in [-0.2, 0) is 21.4 Å². The highest BCUT2D eigenvalue weighted by Crippen LogP contribution is 2.35. The van der Waals surface area contributed by atoms with Gasteiger partial charge in [0.25, 0.3) is 0 Å². The van der Waals surface area contributed by atoms with E-state index in [-0.39, 0.29) is 23.8 Å². The maximum absolute atomic E-state index is 12.7. The summed E-state index contributed by atoms with van der Waals surface area (Å²) in [6.07, 6.45) is 6.87. The molecule has 1 N–H and O–H groups in total. The number of rotatable bonds is 4. The van der Waals surface area contributed by atoms with Crippen LogP contribution in [0.15, 0.2) is 18.2 Å². The second kappa shape index (κ2) is 8.56. The van der Waals surface area contributed by atoms with Crippen molar-refractivity contribution < 1.29 is 19.1 Å². The van der Waals surface area contributed by atoms with E-state index < -0.39 is 5.92 Å². The van der Waals surface area contributed by atoms with Crippen LogP contribution in [0.5, 0.6) is 5.75 Å². The normalized spacial score (nSPS) is 23.0. The minimum Gasteiger partial charge on any atom is -0.488 e. The second-order valence-corrected chi connectivity index (χ2v) is 9.29. The van der Waals surface area contributed by atoms with Gasteiger partial charge in [-0.1, -0.05) is 25.0 Å². The van der Waals surface area contributed by atoms with Gasteiger partial charge in [0, 0.05) is 50.7 Å². The zero-order valence-corrected chi connectivity index (χ0v) is 18.5. The summed E-state index contributed by atoms with van der Waals surface area (Å²) in [6.45, 7) is 1.48. The van der Waals surface area contributed by atoms with E-state index in [1.54, 1.807) is 4.68 Å². The number of piperidine rings is 2. The number of ether oxygens (including phenoxy) is 1. The summed E-state index contributed by atoms with van der Waals surface area (Å²) in [5.41, 5.74) is 1.55. The third kappa shape index (κ3) is 3.87. The van der Waals surface area contributed by atoms with Crippen molar-refractivity contribution in [3.8, 4) is 5.75 Å². The van der Waals surface area contributed by atoms with E-state index in [1.165, 1.54) is 12.8 Å². The molecule has 1 aromatic heterocycles. The van der Waals surface area contributed by atoms with E-state index >= 15 is 0 Å². The lowest BCUT2D eigenvalue weighted by atomic mass is 9.93. The van der Waals surface area contributed by atoms with Crippen molar-refractivity contribution in [2.45, 2.75) is 63.4 Å². The minimum absolute atomic E-state index is 0.0437. The molecule has 170 valence electrons. The zero-order chi connectivity index (χ0) is 22.2. The van der Waals surface area contributed by atoms with Crippen LogP contribution in [-0.4, -0.2) is 51.6 Å². The van der Waals surface area contributed by atoms with E-state index in [0.717, 1.165) is 55.4 Å². The third-order valence-corrected chi connectivity index (χ3v) is 7.18. The lowest BCUT2D eigenvalue weighted by Crippen LogP contribution is -2.44. The summed E-state index contributed by atoms with van der Waals surface area (Å²) in [7, 11) is 1.85. The van der Waals surface area contributed by atoms with Crippen molar-refractivity contribution >= 4 is 28.6 Å². The molecule has 0 bridgehead atoms. The van der Waals surface area contributed by atoms with E-state index in [4.69, 9.17) is 4.74 Å². The number of carbonyl (C=O) groups is 3. The van der Waals surface area contributed by atoms with E-state index in [9.17, 15) is 14.4 Å². The quantitative estimate of drug-likeness (QED) is 0.741. The van der Waals surface area contributed by atoms with Gasteiger partial charge in [-0.3, -0.25) is 24.4 Å². The molecular weight excluding hydrogens is 408 g/mol. The highest BCUT2D eigenvalue weighted by molar-refractivity contribution is 6.02. The highest BCUT2D eigenvalue weighted by atomic mass is 16.5. The molecule has 1 aromatic carbocycles. The van der Waals surface area contributed by atoms with Gasteiger partial charge >= 0.3 is 0 Å². The molecule has 1 atom stereocenters. The molecule has 3 heterocycles. The summed E-state index contributed by atoms with van der Waals surface area (Å²) >= 11 is 0. The average molecular weight is 439 g/mol. The molecule has 2 aromatic rings. The summed E-state index contributed by atoms with van der Waals surface area (Å²) < 4.78 is 8.16. The number of carbonyl (C=O) groups excluding carboxylic acids is 3. The molecule has 3 amide bonds. The largest absolute Gasteiger partial charge is 0.488 e. The monoisotopic (exact) mass is 438 g/mol. The van der Waals surface area contributed by atoms with Gasteiger partial charge in [-0.05, 0) is 25.3 Å². The Labute approximate surface area is 187 Å². The number of nitrogens with zero attached hydrogens (tertiary/aromatic N) is 3. The van der Waals surface area contributed by atoms with Gasteiger partial charge in [-0.2, -0.15) is 5.10 Å². The Bertz CT molecular complexity index is 1050.